The number of amides is 1. The van der Waals surface area contributed by atoms with E-state index in [0.717, 1.165) is 18.7 Å². The second-order valence-corrected chi connectivity index (χ2v) is 5.84. The van der Waals surface area contributed by atoms with Crippen LogP contribution < -0.4 is 4.90 Å². The van der Waals surface area contributed by atoms with Crippen LogP contribution in [0.25, 0.3) is 0 Å². The Hall–Kier alpha value is -2.80. The molecule has 0 unspecified atom stereocenters. The zero-order chi connectivity index (χ0) is 16.9. The molecule has 0 saturated carbocycles. The minimum absolute atomic E-state index is 0.0159. The molecule has 2 heterocycles. The van der Waals surface area contributed by atoms with Crippen LogP contribution in [0.15, 0.2) is 48.8 Å². The molecule has 7 nitrogen and oxygen atoms in total. The van der Waals surface area contributed by atoms with Crippen molar-refractivity contribution in [2.75, 3.05) is 26.2 Å². The molecule has 0 radical (unpaired) electrons. The van der Waals surface area contributed by atoms with Crippen LogP contribution in [0.1, 0.15) is 15.9 Å². The zero-order valence-electron chi connectivity index (χ0n) is 13.2. The molecular formula is C17H19N4O3+. The number of carbonyl (C=O) groups is 1. The smallest absolute Gasteiger partial charge is 0.278 e. The molecule has 3 rings (SSSR count). The fourth-order valence-electron chi connectivity index (χ4n) is 2.99. The van der Waals surface area contributed by atoms with Gasteiger partial charge in [-0.05, 0) is 18.2 Å². The number of pyridine rings is 1. The Bertz CT molecular complexity index is 728. The van der Waals surface area contributed by atoms with E-state index in [2.05, 4.69) is 4.98 Å². The number of hydrogen-bond donors (Lipinski definition) is 1. The quantitative estimate of drug-likeness (QED) is 0.656. The molecule has 7 heteroatoms. The first-order valence-corrected chi connectivity index (χ1v) is 7.90. The highest BCUT2D eigenvalue weighted by Crippen LogP contribution is 2.16. The second kappa shape index (κ2) is 7.18. The summed E-state index contributed by atoms with van der Waals surface area (Å²) in [6, 6.07) is 10.3. The third-order valence-corrected chi connectivity index (χ3v) is 4.31. The first-order chi connectivity index (χ1) is 11.6. The van der Waals surface area contributed by atoms with Crippen LogP contribution in [0.2, 0.25) is 0 Å². The summed E-state index contributed by atoms with van der Waals surface area (Å²) in [6.45, 7) is 3.47. The highest BCUT2D eigenvalue weighted by atomic mass is 16.6. The Morgan fingerprint density at radius 3 is 2.50 bits per heavy atom. The van der Waals surface area contributed by atoms with Crippen LogP contribution in [0.5, 0.6) is 0 Å². The molecule has 2 aromatic rings. The molecule has 0 spiro atoms. The molecule has 1 N–H and O–H groups in total. The van der Waals surface area contributed by atoms with Gasteiger partial charge in [-0.1, -0.05) is 12.1 Å². The highest BCUT2D eigenvalue weighted by molar-refractivity contribution is 5.94. The van der Waals surface area contributed by atoms with E-state index >= 15 is 0 Å². The number of carbonyl (C=O) groups excluding carboxylic acids is 1. The zero-order valence-corrected chi connectivity index (χ0v) is 13.2. The van der Waals surface area contributed by atoms with E-state index in [1.807, 2.05) is 11.0 Å². The number of nitro benzene ring substituents is 1. The molecule has 1 aliphatic rings. The number of benzene rings is 1. The van der Waals surface area contributed by atoms with E-state index in [1.165, 1.54) is 11.0 Å². The Balaban J connectivity index is 1.60. The predicted octanol–water partition coefficient (Wildman–Crippen LogP) is 0.531. The fraction of sp³-hybridized carbons (Fsp3) is 0.294. The Morgan fingerprint density at radius 1 is 1.17 bits per heavy atom. The van der Waals surface area contributed by atoms with Crippen molar-refractivity contribution < 1.29 is 14.6 Å². The van der Waals surface area contributed by atoms with E-state index in [9.17, 15) is 14.9 Å². The third-order valence-electron chi connectivity index (χ3n) is 4.31. The molecule has 1 aliphatic heterocycles. The predicted molar refractivity (Wildman–Crippen MR) is 87.6 cm³/mol. The number of hydrogen-bond acceptors (Lipinski definition) is 4. The van der Waals surface area contributed by atoms with Crippen molar-refractivity contribution in [1.29, 1.82) is 0 Å². The van der Waals surface area contributed by atoms with E-state index in [1.54, 1.807) is 36.7 Å². The van der Waals surface area contributed by atoms with Crippen molar-refractivity contribution in [3.05, 3.63) is 70.0 Å². The van der Waals surface area contributed by atoms with Crippen molar-refractivity contribution >= 4 is 11.6 Å². The summed E-state index contributed by atoms with van der Waals surface area (Å²) in [7, 11) is 0. The highest BCUT2D eigenvalue weighted by Gasteiger charge is 2.26. The van der Waals surface area contributed by atoms with Gasteiger partial charge in [0.2, 0.25) is 0 Å². The van der Waals surface area contributed by atoms with Crippen LogP contribution in [-0.2, 0) is 6.54 Å². The van der Waals surface area contributed by atoms with Crippen molar-refractivity contribution in [2.45, 2.75) is 6.54 Å². The first kappa shape index (κ1) is 16.1. The average molecular weight is 327 g/mol. The van der Waals surface area contributed by atoms with Crippen LogP contribution >= 0.6 is 0 Å². The number of aromatic nitrogens is 1. The van der Waals surface area contributed by atoms with Gasteiger partial charge in [0.25, 0.3) is 11.6 Å². The Kier molecular flexibility index (Phi) is 4.81. The van der Waals surface area contributed by atoms with Gasteiger partial charge in [0.05, 0.1) is 36.7 Å². The summed E-state index contributed by atoms with van der Waals surface area (Å²) in [5.74, 6) is 0.0159. The lowest BCUT2D eigenvalue weighted by Gasteiger charge is -2.32. The maximum Gasteiger partial charge on any atom is 0.278 e. The molecule has 124 valence electrons. The minimum Gasteiger partial charge on any atom is -0.328 e. The maximum atomic E-state index is 12.4. The van der Waals surface area contributed by atoms with Gasteiger partial charge in [-0.25, -0.2) is 0 Å². The number of para-hydroxylation sites is 1. The molecule has 1 aromatic heterocycles. The molecule has 1 amide bonds. The third kappa shape index (κ3) is 3.57. The fourth-order valence-corrected chi connectivity index (χ4v) is 2.99. The maximum absolute atomic E-state index is 12.4. The number of nitrogens with one attached hydrogen (secondary N) is 1. The van der Waals surface area contributed by atoms with Gasteiger partial charge in [0.1, 0.15) is 6.54 Å². The molecule has 0 atom stereocenters. The molecule has 1 aromatic carbocycles. The van der Waals surface area contributed by atoms with E-state index < -0.39 is 0 Å². The molecule has 1 fully saturated rings. The van der Waals surface area contributed by atoms with Gasteiger partial charge in [0.15, 0.2) is 0 Å². The van der Waals surface area contributed by atoms with E-state index in [4.69, 9.17) is 0 Å². The second-order valence-electron chi connectivity index (χ2n) is 5.84. The lowest BCUT2D eigenvalue weighted by molar-refractivity contribution is -0.917. The minimum atomic E-state index is -0.335. The van der Waals surface area contributed by atoms with Gasteiger partial charge < -0.3 is 9.80 Å². The molecule has 24 heavy (non-hydrogen) atoms. The standard InChI is InChI=1S/C17H18N4O3/c22-17(14-5-7-18-8-6-14)20-11-9-19(10-12-20)13-15-3-1-2-4-16(15)21(23)24/h1-8H,9-13H2/p+1. The van der Waals surface area contributed by atoms with E-state index in [-0.39, 0.29) is 16.5 Å². The van der Waals surface area contributed by atoms with E-state index in [0.29, 0.717) is 25.2 Å². The van der Waals surface area contributed by atoms with Crippen molar-refractivity contribution in [3.8, 4) is 0 Å². The van der Waals surface area contributed by atoms with Crippen LogP contribution in [0.3, 0.4) is 0 Å². The number of rotatable bonds is 4. The number of quaternary nitrogens is 1. The summed E-state index contributed by atoms with van der Waals surface area (Å²) in [6.07, 6.45) is 3.23. The number of piperazine rings is 1. The summed E-state index contributed by atoms with van der Waals surface area (Å²) in [4.78, 5) is 30.2. The summed E-state index contributed by atoms with van der Waals surface area (Å²) in [5.41, 5.74) is 1.55. The largest absolute Gasteiger partial charge is 0.328 e. The van der Waals surface area contributed by atoms with Crippen LogP contribution in [0.4, 0.5) is 5.69 Å². The summed E-state index contributed by atoms with van der Waals surface area (Å²) < 4.78 is 0. The van der Waals surface area contributed by atoms with Gasteiger partial charge >= 0.3 is 0 Å². The molecule has 1 saturated heterocycles. The van der Waals surface area contributed by atoms with Crippen molar-refractivity contribution in [2.24, 2.45) is 0 Å². The van der Waals surface area contributed by atoms with Crippen molar-refractivity contribution in [1.82, 2.24) is 9.88 Å². The normalized spacial score (nSPS) is 15.2. The van der Waals surface area contributed by atoms with Crippen molar-refractivity contribution in [3.63, 3.8) is 0 Å². The number of nitro groups is 1. The topological polar surface area (TPSA) is 80.8 Å². The Morgan fingerprint density at radius 2 is 1.83 bits per heavy atom. The SMILES string of the molecule is O=C(c1ccncc1)N1CC[NH+](Cc2ccccc2[N+](=O)[O-])CC1. The number of nitrogens with zero attached hydrogens (tertiary/aromatic N) is 3. The van der Waals surface area contributed by atoms with Gasteiger partial charge in [-0.3, -0.25) is 19.9 Å². The lowest BCUT2D eigenvalue weighted by atomic mass is 10.1. The van der Waals surface area contributed by atoms with Gasteiger partial charge in [-0.2, -0.15) is 0 Å². The molecule has 0 aliphatic carbocycles. The van der Waals surface area contributed by atoms with Gasteiger partial charge in [0, 0.05) is 24.0 Å². The lowest BCUT2D eigenvalue weighted by Crippen LogP contribution is -3.13. The van der Waals surface area contributed by atoms with Gasteiger partial charge in [-0.15, -0.1) is 0 Å². The summed E-state index contributed by atoms with van der Waals surface area (Å²) in [5, 5.41) is 11.1. The molecule has 0 bridgehead atoms. The van der Waals surface area contributed by atoms with Crippen LogP contribution in [-0.4, -0.2) is 46.9 Å². The first-order valence-electron chi connectivity index (χ1n) is 7.90. The summed E-state index contributed by atoms with van der Waals surface area (Å²) >= 11 is 0. The molecular weight excluding hydrogens is 308 g/mol. The Labute approximate surface area is 139 Å². The average Bonchev–Trinajstić information content (AvgIpc) is 2.63. The van der Waals surface area contributed by atoms with Crippen LogP contribution in [0, 0.1) is 10.1 Å². The monoisotopic (exact) mass is 327 g/mol.